The van der Waals surface area contributed by atoms with Crippen LogP contribution in [0.5, 0.6) is 0 Å². The van der Waals surface area contributed by atoms with Crippen molar-refractivity contribution in [1.29, 1.82) is 0 Å². The molecule has 0 radical (unpaired) electrons. The molecule has 1 aliphatic heterocycles. The molecule has 0 aromatic rings. The molecule has 112 valence electrons. The third-order valence-electron chi connectivity index (χ3n) is 4.68. The van der Waals surface area contributed by atoms with Crippen molar-refractivity contribution < 1.29 is 19.5 Å². The molecular formula is C15H23NO4. The Bertz CT molecular complexity index is 433. The van der Waals surface area contributed by atoms with Crippen LogP contribution in [0, 0.1) is 10.8 Å². The Kier molecular flexibility index (Phi) is 3.89. The zero-order valence-corrected chi connectivity index (χ0v) is 12.3. The number of likely N-dealkylation sites (tertiary alicyclic amines) is 1. The Morgan fingerprint density at radius 3 is 2.25 bits per heavy atom. The maximum Gasteiger partial charge on any atom is 0.310 e. The number of aliphatic carboxylic acids is 1. The number of carbonyl (C=O) groups is 3. The van der Waals surface area contributed by atoms with E-state index >= 15 is 0 Å². The Hall–Kier alpha value is -1.39. The lowest BCUT2D eigenvalue weighted by Crippen LogP contribution is -2.44. The maximum absolute atomic E-state index is 12.7. The van der Waals surface area contributed by atoms with E-state index in [9.17, 15) is 19.5 Å². The normalized spacial score (nSPS) is 23.2. The highest BCUT2D eigenvalue weighted by atomic mass is 16.4. The van der Waals surface area contributed by atoms with E-state index in [1.807, 2.05) is 0 Å². The molecule has 1 heterocycles. The summed E-state index contributed by atoms with van der Waals surface area (Å²) in [4.78, 5) is 37.2. The first-order valence-electron chi connectivity index (χ1n) is 7.37. The van der Waals surface area contributed by atoms with Crippen molar-refractivity contribution in [3.63, 3.8) is 0 Å². The number of carboxylic acids is 1. The summed E-state index contributed by atoms with van der Waals surface area (Å²) in [6.45, 7) is 3.07. The Labute approximate surface area is 119 Å². The van der Waals surface area contributed by atoms with Gasteiger partial charge in [-0.05, 0) is 26.7 Å². The molecule has 2 rings (SSSR count). The van der Waals surface area contributed by atoms with Crippen LogP contribution in [0.2, 0.25) is 0 Å². The smallest absolute Gasteiger partial charge is 0.310 e. The number of nitrogens with zero attached hydrogens (tertiary/aromatic N) is 1. The molecule has 2 fully saturated rings. The summed E-state index contributed by atoms with van der Waals surface area (Å²) in [7, 11) is 0. The molecule has 20 heavy (non-hydrogen) atoms. The van der Waals surface area contributed by atoms with E-state index in [0.29, 0.717) is 0 Å². The quantitative estimate of drug-likeness (QED) is 0.805. The lowest BCUT2D eigenvalue weighted by Gasteiger charge is -2.28. The average molecular weight is 281 g/mol. The van der Waals surface area contributed by atoms with Crippen LogP contribution >= 0.6 is 0 Å². The first kappa shape index (κ1) is 15.0. The summed E-state index contributed by atoms with van der Waals surface area (Å²) in [6.07, 6.45) is 5.99. The average Bonchev–Trinajstić information content (AvgIpc) is 2.57. The Morgan fingerprint density at radius 2 is 1.75 bits per heavy atom. The van der Waals surface area contributed by atoms with Crippen LogP contribution in [-0.2, 0) is 14.4 Å². The topological polar surface area (TPSA) is 74.7 Å². The van der Waals surface area contributed by atoms with E-state index in [2.05, 4.69) is 0 Å². The standard InChI is InChI=1S/C15H23NO4/c1-14(2,13(19)20)10-16-11(17)9-15(12(16)18)7-5-3-4-6-8-15/h3-10H2,1-2H3,(H,19,20). The zero-order valence-electron chi connectivity index (χ0n) is 12.3. The largest absolute Gasteiger partial charge is 0.481 e. The predicted octanol–water partition coefficient (Wildman–Crippen LogP) is 2.20. The first-order chi connectivity index (χ1) is 9.28. The van der Waals surface area contributed by atoms with E-state index in [1.54, 1.807) is 13.8 Å². The fourth-order valence-electron chi connectivity index (χ4n) is 3.28. The highest BCUT2D eigenvalue weighted by molar-refractivity contribution is 6.06. The van der Waals surface area contributed by atoms with Crippen molar-refractivity contribution >= 4 is 17.8 Å². The van der Waals surface area contributed by atoms with Crippen LogP contribution in [0.1, 0.15) is 58.8 Å². The van der Waals surface area contributed by atoms with Crippen molar-refractivity contribution in [2.45, 2.75) is 58.8 Å². The molecule has 5 nitrogen and oxygen atoms in total. The van der Waals surface area contributed by atoms with Gasteiger partial charge in [0.15, 0.2) is 0 Å². The number of carbonyl (C=O) groups excluding carboxylic acids is 2. The van der Waals surface area contributed by atoms with E-state index in [-0.39, 0.29) is 24.8 Å². The molecule has 0 aromatic heterocycles. The van der Waals surface area contributed by atoms with Gasteiger partial charge in [-0.1, -0.05) is 25.7 Å². The molecule has 2 aliphatic rings. The van der Waals surface area contributed by atoms with Gasteiger partial charge in [0, 0.05) is 13.0 Å². The lowest BCUT2D eigenvalue weighted by molar-refractivity contribution is -0.151. The number of hydrogen-bond acceptors (Lipinski definition) is 3. The molecular weight excluding hydrogens is 258 g/mol. The summed E-state index contributed by atoms with van der Waals surface area (Å²) < 4.78 is 0. The molecule has 1 spiro atoms. The van der Waals surface area contributed by atoms with Gasteiger partial charge in [-0.25, -0.2) is 0 Å². The summed E-state index contributed by atoms with van der Waals surface area (Å²) in [6, 6.07) is 0. The molecule has 0 unspecified atom stereocenters. The summed E-state index contributed by atoms with van der Waals surface area (Å²) in [5, 5.41) is 9.17. The van der Waals surface area contributed by atoms with Crippen LogP contribution in [0.25, 0.3) is 0 Å². The van der Waals surface area contributed by atoms with Gasteiger partial charge in [0.25, 0.3) is 0 Å². The van der Waals surface area contributed by atoms with E-state index in [4.69, 9.17) is 0 Å². The van der Waals surface area contributed by atoms with Crippen molar-refractivity contribution in [1.82, 2.24) is 4.90 Å². The van der Waals surface area contributed by atoms with Crippen molar-refractivity contribution in [3.05, 3.63) is 0 Å². The lowest BCUT2D eigenvalue weighted by atomic mass is 9.79. The van der Waals surface area contributed by atoms with E-state index in [0.717, 1.165) is 38.5 Å². The van der Waals surface area contributed by atoms with E-state index in [1.165, 1.54) is 4.90 Å². The summed E-state index contributed by atoms with van der Waals surface area (Å²) in [5.74, 6) is -1.33. The number of carboxylic acid groups (broad SMARTS) is 1. The molecule has 0 bridgehead atoms. The van der Waals surface area contributed by atoms with Gasteiger partial charge < -0.3 is 5.11 Å². The molecule has 1 aliphatic carbocycles. The second-order valence-electron chi connectivity index (χ2n) is 6.85. The minimum absolute atomic E-state index is 0.0260. The minimum atomic E-state index is -1.10. The van der Waals surface area contributed by atoms with Gasteiger partial charge in [-0.2, -0.15) is 0 Å². The van der Waals surface area contributed by atoms with Crippen LogP contribution in [0.4, 0.5) is 0 Å². The van der Waals surface area contributed by atoms with Crippen molar-refractivity contribution in [3.8, 4) is 0 Å². The number of amides is 2. The molecule has 1 N–H and O–H groups in total. The van der Waals surface area contributed by atoms with Crippen molar-refractivity contribution in [2.24, 2.45) is 10.8 Å². The Balaban J connectivity index is 2.18. The zero-order chi connectivity index (χ0) is 15.0. The second kappa shape index (κ2) is 5.19. The van der Waals surface area contributed by atoms with Crippen LogP contribution in [0.15, 0.2) is 0 Å². The van der Waals surface area contributed by atoms with Gasteiger partial charge in [-0.15, -0.1) is 0 Å². The van der Waals surface area contributed by atoms with Crippen molar-refractivity contribution in [2.75, 3.05) is 6.54 Å². The van der Waals surface area contributed by atoms with Gasteiger partial charge in [0.05, 0.1) is 10.8 Å². The summed E-state index contributed by atoms with van der Waals surface area (Å²) >= 11 is 0. The van der Waals surface area contributed by atoms with E-state index < -0.39 is 16.8 Å². The van der Waals surface area contributed by atoms with Gasteiger partial charge >= 0.3 is 5.97 Å². The molecule has 5 heteroatoms. The maximum atomic E-state index is 12.7. The SMILES string of the molecule is CC(C)(CN1C(=O)CC2(CCCCCC2)C1=O)C(=O)O. The summed E-state index contributed by atoms with van der Waals surface area (Å²) in [5.41, 5.74) is -1.64. The predicted molar refractivity (Wildman–Crippen MR) is 72.9 cm³/mol. The Morgan fingerprint density at radius 1 is 1.20 bits per heavy atom. The number of rotatable bonds is 3. The van der Waals surface area contributed by atoms with Crippen LogP contribution in [0.3, 0.4) is 0 Å². The van der Waals surface area contributed by atoms with Gasteiger partial charge in [0.2, 0.25) is 11.8 Å². The molecule has 1 saturated heterocycles. The highest BCUT2D eigenvalue weighted by Gasteiger charge is 2.52. The van der Waals surface area contributed by atoms with Gasteiger partial charge in [0.1, 0.15) is 0 Å². The monoisotopic (exact) mass is 281 g/mol. The number of imide groups is 1. The fourth-order valence-corrected chi connectivity index (χ4v) is 3.28. The van der Waals surface area contributed by atoms with Gasteiger partial charge in [-0.3, -0.25) is 19.3 Å². The molecule has 1 saturated carbocycles. The fraction of sp³-hybridized carbons (Fsp3) is 0.800. The highest BCUT2D eigenvalue weighted by Crippen LogP contribution is 2.44. The third-order valence-corrected chi connectivity index (χ3v) is 4.68. The first-order valence-corrected chi connectivity index (χ1v) is 7.37. The molecule has 0 atom stereocenters. The van der Waals surface area contributed by atoms with Crippen LogP contribution < -0.4 is 0 Å². The number of hydrogen-bond donors (Lipinski definition) is 1. The minimum Gasteiger partial charge on any atom is -0.481 e. The molecule has 0 aromatic carbocycles. The second-order valence-corrected chi connectivity index (χ2v) is 6.85. The third kappa shape index (κ3) is 2.58. The molecule has 2 amide bonds. The van der Waals surface area contributed by atoms with Crippen LogP contribution in [-0.4, -0.2) is 34.3 Å².